The normalized spacial score (nSPS) is 11.9. The van der Waals surface area contributed by atoms with E-state index in [-0.39, 0.29) is 53.8 Å². The molecule has 0 bridgehead atoms. The fourth-order valence-corrected chi connectivity index (χ4v) is 3.21. The van der Waals surface area contributed by atoms with E-state index in [1.807, 2.05) is 0 Å². The molecule has 0 aliphatic carbocycles. The third-order valence-electron chi connectivity index (χ3n) is 4.87. The van der Waals surface area contributed by atoms with Crippen molar-refractivity contribution < 1.29 is 139 Å². The van der Waals surface area contributed by atoms with Crippen LogP contribution in [0.3, 0.4) is 0 Å². The molecule has 29 heteroatoms. The molecule has 9 N–H and O–H groups in total. The number of nitrogens with zero attached hydrogens (tertiary/aromatic N) is 3. The van der Waals surface area contributed by atoms with Gasteiger partial charge in [0.1, 0.15) is 18.7 Å². The Balaban J connectivity index is -0.000000213. The summed E-state index contributed by atoms with van der Waals surface area (Å²) in [5, 5.41) is 120. The van der Waals surface area contributed by atoms with E-state index in [1.165, 1.54) is 0 Å². The van der Waals surface area contributed by atoms with Gasteiger partial charge in [0, 0.05) is 58.9 Å². The van der Waals surface area contributed by atoms with Crippen molar-refractivity contribution in [2.75, 3.05) is 78.5 Å². The van der Waals surface area contributed by atoms with Gasteiger partial charge in [-0.2, -0.15) is 0 Å². The van der Waals surface area contributed by atoms with Crippen LogP contribution in [0.15, 0.2) is 0 Å². The van der Waals surface area contributed by atoms with Gasteiger partial charge in [-0.3, -0.25) is 45.0 Å². The van der Waals surface area contributed by atoms with Crippen LogP contribution in [-0.2, 0) is 77.3 Å². The van der Waals surface area contributed by atoms with E-state index in [9.17, 15) is 89.1 Å². The number of carboxylic acids is 9. The van der Waals surface area contributed by atoms with E-state index in [1.54, 1.807) is 0 Å². The molecule has 0 saturated carbocycles. The average molecular weight is 856 g/mol. The molecule has 27 nitrogen and oxygen atoms in total. The third kappa shape index (κ3) is 45.9. The quantitative estimate of drug-likeness (QED) is 0.0273. The van der Waals surface area contributed by atoms with Gasteiger partial charge in [0.15, 0.2) is 0 Å². The number of hydrogen-bond acceptors (Lipinski definition) is 24. The van der Waals surface area contributed by atoms with E-state index in [4.69, 9.17) is 15.3 Å². The Bertz CT molecular complexity index is 983. The Kier molecular flexibility index (Phi) is 37.1. The zero-order valence-electron chi connectivity index (χ0n) is 27.1. The molecule has 0 aliphatic rings. The van der Waals surface area contributed by atoms with Crippen molar-refractivity contribution in [3.8, 4) is 0 Å². The Labute approximate surface area is 319 Å². The second-order valence-corrected chi connectivity index (χ2v) is 9.61. The molecule has 304 valence electrons. The number of carboxylic acid groups (broad SMARTS) is 9. The van der Waals surface area contributed by atoms with Gasteiger partial charge >= 0.3 is 52.0 Å². The summed E-state index contributed by atoms with van der Waals surface area (Å²) >= 11 is 0. The largest absolute Gasteiger partial charge is 3.00 e. The van der Waals surface area contributed by atoms with Crippen molar-refractivity contribution in [2.45, 2.75) is 18.7 Å². The van der Waals surface area contributed by atoms with Gasteiger partial charge in [0.2, 0.25) is 0 Å². The number of carbonyl (C=O) groups is 9. The molecule has 3 unspecified atom stereocenters. The van der Waals surface area contributed by atoms with Crippen LogP contribution in [0.2, 0.25) is 0 Å². The number of carbonyl (C=O) groups excluding carboxylic acids is 6. The van der Waals surface area contributed by atoms with Crippen molar-refractivity contribution >= 4 is 53.7 Å². The van der Waals surface area contributed by atoms with Gasteiger partial charge in [-0.15, -0.1) is 0 Å². The molecule has 0 aromatic carbocycles. The summed E-state index contributed by atoms with van der Waals surface area (Å²) < 4.78 is 0. The average Bonchev–Trinajstić information content (AvgIpc) is 2.92. The summed E-state index contributed by atoms with van der Waals surface area (Å²) in [7, 11) is 0. The maximum atomic E-state index is 10.4. The van der Waals surface area contributed by atoms with Crippen LogP contribution in [0.4, 0.5) is 0 Å². The first-order valence-corrected chi connectivity index (χ1v) is 13.7. The first kappa shape index (κ1) is 58.2. The van der Waals surface area contributed by atoms with E-state index in [2.05, 4.69) is 16.0 Å². The van der Waals surface area contributed by atoms with Gasteiger partial charge in [0.25, 0.3) is 0 Å². The maximum Gasteiger partial charge on any atom is 3.00 e. The predicted octanol–water partition coefficient (Wildman–Crippen LogP) is -15.7. The summed E-state index contributed by atoms with van der Waals surface area (Å²) in [6.07, 6.45) is -4.15. The maximum absolute atomic E-state index is 10.4. The summed E-state index contributed by atoms with van der Waals surface area (Å²) in [4.78, 5) is 94.8. The van der Waals surface area contributed by atoms with Gasteiger partial charge in [-0.1, -0.05) is 0 Å². The first-order chi connectivity index (χ1) is 23.4. The van der Waals surface area contributed by atoms with Crippen LogP contribution in [-0.4, -0.2) is 196 Å². The van der Waals surface area contributed by atoms with E-state index in [0.29, 0.717) is 0 Å². The van der Waals surface area contributed by atoms with E-state index >= 15 is 0 Å². The molecule has 53 heavy (non-hydrogen) atoms. The predicted molar refractivity (Wildman–Crippen MR) is 144 cm³/mol. The van der Waals surface area contributed by atoms with Crippen molar-refractivity contribution in [3.05, 3.63) is 0 Å². The first-order valence-electron chi connectivity index (χ1n) is 13.7. The molecule has 0 fully saturated rings. The molecule has 2 radical (unpaired) electrons. The topological polar surface area (TPSA) is 459 Å². The van der Waals surface area contributed by atoms with Crippen LogP contribution in [0.25, 0.3) is 0 Å². The zero-order valence-corrected chi connectivity index (χ0v) is 29.3. The number of aliphatic carboxylic acids is 9. The molecule has 0 rings (SSSR count). The fraction of sp³-hybridized carbons (Fsp3) is 0.625. The molecule has 0 saturated heterocycles. The Morgan fingerprint density at radius 1 is 0.396 bits per heavy atom. The van der Waals surface area contributed by atoms with Crippen LogP contribution in [0.5, 0.6) is 0 Å². The summed E-state index contributed by atoms with van der Waals surface area (Å²) in [6.45, 7) is -6.89. The van der Waals surface area contributed by atoms with Crippen molar-refractivity contribution in [1.29, 1.82) is 0 Å². The third-order valence-corrected chi connectivity index (χ3v) is 4.87. The molecule has 0 heterocycles. The van der Waals surface area contributed by atoms with Crippen LogP contribution >= 0.6 is 0 Å². The monoisotopic (exact) mass is 856 g/mol. The summed E-state index contributed by atoms with van der Waals surface area (Å²) in [5.41, 5.74) is 0. The summed E-state index contributed by atoms with van der Waals surface area (Å²) in [5.74, 6) is -12.7. The van der Waals surface area contributed by atoms with Crippen LogP contribution < -0.4 is 46.6 Å². The van der Waals surface area contributed by atoms with Gasteiger partial charge in [0.05, 0.1) is 55.5 Å². The molecule has 0 spiro atoms. The standard InChI is InChI=1S/3C8H14N2O7.2Fe/c3*11-5(9-1-6(12)13)2-10(3-7(14)15)4-8(16)17;;/h3*5,9,11H,1-4H2,(H,12,13)(H,14,15)(H,16,17);;/q;;;2*+3/p-6. The number of aliphatic hydroxyl groups excluding tert-OH is 3. The molecule has 0 aliphatic heterocycles. The van der Waals surface area contributed by atoms with Crippen molar-refractivity contribution in [3.63, 3.8) is 0 Å². The minimum Gasteiger partial charge on any atom is -0.549 e. The minimum atomic E-state index is -1.50. The fourth-order valence-electron chi connectivity index (χ4n) is 3.21. The SMILES string of the molecule is O=C([O-])CNC(O)CN(CC(=O)[O-])CC(=O)O.O=C([O-])CNC(O)CN(CC(=O)[O-])CC(=O)O.O=C([O-])CNC(O)CN(CC(=O)[O-])CC(=O)O.[Fe+3].[Fe+3]. The number of aliphatic hydroxyl groups is 3. The molecular formula is C24H36Fe2N6O21. The molecule has 0 aromatic rings. The molecule has 0 aromatic heterocycles. The second kappa shape index (κ2) is 33.7. The minimum absolute atomic E-state index is 0. The molecule has 3 atom stereocenters. The number of rotatable bonds is 27. The van der Waals surface area contributed by atoms with Gasteiger partial charge in [-0.25, -0.2) is 0 Å². The molecular weight excluding hydrogens is 820 g/mol. The zero-order chi connectivity index (χ0) is 40.3. The van der Waals surface area contributed by atoms with Gasteiger partial charge in [-0.05, 0) is 0 Å². The van der Waals surface area contributed by atoms with Crippen molar-refractivity contribution in [2.24, 2.45) is 0 Å². The van der Waals surface area contributed by atoms with Crippen molar-refractivity contribution in [1.82, 2.24) is 30.7 Å². The second-order valence-electron chi connectivity index (χ2n) is 9.61. The van der Waals surface area contributed by atoms with E-state index < -0.39 is 131 Å². The van der Waals surface area contributed by atoms with Gasteiger partial charge < -0.3 is 90.0 Å². The molecule has 0 amide bonds. The smallest absolute Gasteiger partial charge is 0.549 e. The van der Waals surface area contributed by atoms with E-state index in [0.717, 1.165) is 14.7 Å². The number of nitrogens with one attached hydrogen (secondary N) is 3. The van der Waals surface area contributed by atoms with Crippen LogP contribution in [0, 0.1) is 0 Å². The Morgan fingerprint density at radius 3 is 0.717 bits per heavy atom. The Hall–Kier alpha value is -4.09. The Morgan fingerprint density at radius 2 is 0.585 bits per heavy atom. The summed E-state index contributed by atoms with van der Waals surface area (Å²) in [6, 6.07) is 0. The number of hydrogen-bond donors (Lipinski definition) is 9. The van der Waals surface area contributed by atoms with Crippen LogP contribution in [0.1, 0.15) is 0 Å².